The Labute approximate surface area is 162 Å². The number of aromatic nitrogens is 4. The van der Waals surface area contributed by atoms with Crippen molar-refractivity contribution in [2.75, 3.05) is 11.9 Å². The minimum atomic E-state index is -0.394. The Morgan fingerprint density at radius 1 is 1.26 bits per heavy atom. The van der Waals surface area contributed by atoms with E-state index in [1.165, 1.54) is 11.8 Å². The van der Waals surface area contributed by atoms with Crippen molar-refractivity contribution in [1.29, 1.82) is 0 Å². The summed E-state index contributed by atoms with van der Waals surface area (Å²) >= 11 is 1.30. The van der Waals surface area contributed by atoms with Crippen molar-refractivity contribution in [1.82, 2.24) is 20.2 Å². The average molecular weight is 383 g/mol. The second kappa shape index (κ2) is 8.68. The number of hydrogen-bond acceptors (Lipinski definition) is 6. The lowest BCUT2D eigenvalue weighted by Crippen LogP contribution is -2.23. The van der Waals surface area contributed by atoms with Gasteiger partial charge in [0.15, 0.2) is 0 Å². The van der Waals surface area contributed by atoms with E-state index < -0.39 is 5.25 Å². The molecule has 0 spiro atoms. The zero-order chi connectivity index (χ0) is 19.2. The molecular formula is C19H21N5O2S. The molecule has 140 valence electrons. The number of nitrogens with zero attached hydrogens (tertiary/aromatic N) is 4. The molecule has 1 unspecified atom stereocenters. The van der Waals surface area contributed by atoms with E-state index in [2.05, 4.69) is 20.8 Å². The molecule has 0 bridgehead atoms. The van der Waals surface area contributed by atoms with Crippen molar-refractivity contribution in [3.8, 4) is 11.4 Å². The molecular weight excluding hydrogens is 362 g/mol. The number of benzene rings is 2. The second-order valence-electron chi connectivity index (χ2n) is 5.89. The summed E-state index contributed by atoms with van der Waals surface area (Å²) < 4.78 is 7.19. The lowest BCUT2D eigenvalue weighted by atomic mass is 10.2. The summed E-state index contributed by atoms with van der Waals surface area (Å²) in [5.41, 5.74) is 2.61. The van der Waals surface area contributed by atoms with Crippen molar-refractivity contribution in [3.63, 3.8) is 0 Å². The number of aryl methyl sites for hydroxylation is 1. The average Bonchev–Trinajstić information content (AvgIpc) is 3.11. The van der Waals surface area contributed by atoms with Crippen molar-refractivity contribution in [2.24, 2.45) is 0 Å². The number of nitrogens with one attached hydrogen (secondary N) is 1. The number of tetrazole rings is 1. The number of anilines is 1. The standard InChI is InChI=1S/C19H21N5O2S/c1-4-26-17-11-6-5-10-16(17)20-18(25)14(3)27-19-21-22-23-24(19)15-9-7-8-13(2)12-15/h5-12,14H,4H2,1-3H3,(H,20,25). The molecule has 0 aliphatic rings. The van der Waals surface area contributed by atoms with Crippen LogP contribution >= 0.6 is 11.8 Å². The Balaban J connectivity index is 1.72. The molecule has 3 aromatic rings. The molecule has 0 radical (unpaired) electrons. The number of amides is 1. The van der Waals surface area contributed by atoms with Gasteiger partial charge in [-0.15, -0.1) is 5.10 Å². The quantitative estimate of drug-likeness (QED) is 0.629. The van der Waals surface area contributed by atoms with Crippen LogP contribution in [0, 0.1) is 6.92 Å². The predicted octanol–water partition coefficient (Wildman–Crippen LogP) is 3.49. The van der Waals surface area contributed by atoms with Gasteiger partial charge in [0.1, 0.15) is 5.75 Å². The Bertz CT molecular complexity index is 928. The van der Waals surface area contributed by atoms with Gasteiger partial charge >= 0.3 is 0 Å². The summed E-state index contributed by atoms with van der Waals surface area (Å²) in [5, 5.41) is 14.9. The highest BCUT2D eigenvalue weighted by atomic mass is 32.2. The first-order valence-electron chi connectivity index (χ1n) is 8.63. The van der Waals surface area contributed by atoms with Gasteiger partial charge in [0.05, 0.1) is 23.2 Å². The zero-order valence-corrected chi connectivity index (χ0v) is 16.2. The maximum Gasteiger partial charge on any atom is 0.237 e. The van der Waals surface area contributed by atoms with Crippen LogP contribution in [0.1, 0.15) is 19.4 Å². The van der Waals surface area contributed by atoms with Crippen molar-refractivity contribution in [3.05, 3.63) is 54.1 Å². The van der Waals surface area contributed by atoms with E-state index in [4.69, 9.17) is 4.74 Å². The third-order valence-electron chi connectivity index (χ3n) is 3.78. The molecule has 1 aromatic heterocycles. The van der Waals surface area contributed by atoms with Crippen molar-refractivity contribution < 1.29 is 9.53 Å². The molecule has 3 rings (SSSR count). The highest BCUT2D eigenvalue weighted by Gasteiger charge is 2.20. The van der Waals surface area contributed by atoms with Crippen LogP contribution in [0.2, 0.25) is 0 Å². The van der Waals surface area contributed by atoms with Crippen molar-refractivity contribution >= 4 is 23.4 Å². The number of hydrogen-bond donors (Lipinski definition) is 1. The van der Waals surface area contributed by atoms with Gasteiger partial charge < -0.3 is 10.1 Å². The van der Waals surface area contributed by atoms with E-state index in [1.54, 1.807) is 4.68 Å². The normalized spacial score (nSPS) is 11.8. The number of thioether (sulfide) groups is 1. The number of rotatable bonds is 7. The third-order valence-corrected chi connectivity index (χ3v) is 4.82. The van der Waals surface area contributed by atoms with Gasteiger partial charge in [-0.3, -0.25) is 4.79 Å². The zero-order valence-electron chi connectivity index (χ0n) is 15.4. The van der Waals surface area contributed by atoms with E-state index in [0.29, 0.717) is 23.2 Å². The molecule has 0 saturated carbocycles. The summed E-state index contributed by atoms with van der Waals surface area (Å²) in [4.78, 5) is 12.6. The van der Waals surface area contributed by atoms with Gasteiger partial charge in [0, 0.05) is 0 Å². The minimum absolute atomic E-state index is 0.147. The highest BCUT2D eigenvalue weighted by Crippen LogP contribution is 2.27. The lowest BCUT2D eigenvalue weighted by molar-refractivity contribution is -0.115. The molecule has 27 heavy (non-hydrogen) atoms. The Morgan fingerprint density at radius 2 is 2.07 bits per heavy atom. The summed E-state index contributed by atoms with van der Waals surface area (Å²) in [6.45, 7) is 6.26. The van der Waals surface area contributed by atoms with Crippen LogP contribution in [0.4, 0.5) is 5.69 Å². The van der Waals surface area contributed by atoms with E-state index in [1.807, 2.05) is 69.3 Å². The highest BCUT2D eigenvalue weighted by molar-refractivity contribution is 8.00. The fraction of sp³-hybridized carbons (Fsp3) is 0.263. The largest absolute Gasteiger partial charge is 0.492 e. The van der Waals surface area contributed by atoms with Crippen molar-refractivity contribution in [2.45, 2.75) is 31.2 Å². The monoisotopic (exact) mass is 383 g/mol. The van der Waals surface area contributed by atoms with E-state index in [9.17, 15) is 4.79 Å². The van der Waals surface area contributed by atoms with Crippen LogP contribution in [0.25, 0.3) is 5.69 Å². The molecule has 7 nitrogen and oxygen atoms in total. The minimum Gasteiger partial charge on any atom is -0.492 e. The van der Waals surface area contributed by atoms with Gasteiger partial charge in [-0.25, -0.2) is 0 Å². The smallest absolute Gasteiger partial charge is 0.237 e. The predicted molar refractivity (Wildman–Crippen MR) is 105 cm³/mol. The topological polar surface area (TPSA) is 81.9 Å². The summed E-state index contributed by atoms with van der Waals surface area (Å²) in [6, 6.07) is 15.2. The first kappa shape index (κ1) is 18.9. The Morgan fingerprint density at radius 3 is 2.85 bits per heavy atom. The van der Waals surface area contributed by atoms with Gasteiger partial charge in [-0.05, 0) is 61.0 Å². The summed E-state index contributed by atoms with van der Waals surface area (Å²) in [7, 11) is 0. The van der Waals surface area contributed by atoms with Gasteiger partial charge in [-0.1, -0.05) is 36.0 Å². The van der Waals surface area contributed by atoms with E-state index >= 15 is 0 Å². The summed E-state index contributed by atoms with van der Waals surface area (Å²) in [5.74, 6) is 0.501. The molecule has 1 atom stereocenters. The number of ether oxygens (including phenoxy) is 1. The molecule has 1 amide bonds. The molecule has 2 aromatic carbocycles. The molecule has 0 aliphatic carbocycles. The number of carbonyl (C=O) groups is 1. The number of para-hydroxylation sites is 2. The SMILES string of the molecule is CCOc1ccccc1NC(=O)C(C)Sc1nnnn1-c1cccc(C)c1. The third kappa shape index (κ3) is 4.65. The Kier molecular flexibility index (Phi) is 6.08. The van der Waals surface area contributed by atoms with Gasteiger partial charge in [-0.2, -0.15) is 4.68 Å². The van der Waals surface area contributed by atoms with Gasteiger partial charge in [0.2, 0.25) is 11.1 Å². The van der Waals surface area contributed by atoms with Crippen LogP contribution in [-0.4, -0.2) is 38.0 Å². The summed E-state index contributed by atoms with van der Waals surface area (Å²) in [6.07, 6.45) is 0. The lowest BCUT2D eigenvalue weighted by Gasteiger charge is -2.14. The molecule has 0 saturated heterocycles. The molecule has 1 heterocycles. The van der Waals surface area contributed by atoms with Crippen LogP contribution in [0.3, 0.4) is 0 Å². The maximum atomic E-state index is 12.6. The first-order chi connectivity index (χ1) is 13.1. The van der Waals surface area contributed by atoms with Gasteiger partial charge in [0.25, 0.3) is 0 Å². The van der Waals surface area contributed by atoms with Crippen LogP contribution in [-0.2, 0) is 4.79 Å². The van der Waals surface area contributed by atoms with E-state index in [0.717, 1.165) is 11.3 Å². The molecule has 1 N–H and O–H groups in total. The second-order valence-corrected chi connectivity index (χ2v) is 7.20. The van der Waals surface area contributed by atoms with Crippen LogP contribution < -0.4 is 10.1 Å². The van der Waals surface area contributed by atoms with E-state index in [-0.39, 0.29) is 5.91 Å². The fourth-order valence-electron chi connectivity index (χ4n) is 2.47. The molecule has 0 fully saturated rings. The van der Waals surface area contributed by atoms with Crippen LogP contribution in [0.5, 0.6) is 5.75 Å². The molecule has 0 aliphatic heterocycles. The molecule has 8 heteroatoms. The first-order valence-corrected chi connectivity index (χ1v) is 9.51. The fourth-order valence-corrected chi connectivity index (χ4v) is 3.28. The maximum absolute atomic E-state index is 12.6. The number of carbonyl (C=O) groups excluding carboxylic acids is 1. The Hall–Kier alpha value is -2.87. The van der Waals surface area contributed by atoms with Crippen LogP contribution in [0.15, 0.2) is 53.7 Å².